The van der Waals surface area contributed by atoms with Crippen molar-refractivity contribution in [1.82, 2.24) is 4.90 Å². The van der Waals surface area contributed by atoms with E-state index in [1.165, 1.54) is 32.2 Å². The van der Waals surface area contributed by atoms with E-state index in [-0.39, 0.29) is 53.3 Å². The zero-order chi connectivity index (χ0) is 34.9. The van der Waals surface area contributed by atoms with Gasteiger partial charge in [0.15, 0.2) is 17.9 Å². The molecule has 4 unspecified atom stereocenters. The minimum atomic E-state index is -2.02. The molecular formula is C36H47ClN2O10. The molecule has 268 valence electrons. The molecule has 1 saturated heterocycles. The van der Waals surface area contributed by atoms with Gasteiger partial charge in [-0.2, -0.15) is 0 Å². The maximum Gasteiger partial charge on any atom is 0.202 e. The minimum absolute atomic E-state index is 0. The topological polar surface area (TPSA) is 175 Å². The number of methoxy groups -OCH3 is 1. The Labute approximate surface area is 292 Å². The van der Waals surface area contributed by atoms with E-state index < -0.39 is 82.6 Å². The Bertz CT molecular complexity index is 1600. The van der Waals surface area contributed by atoms with Gasteiger partial charge in [0.1, 0.15) is 29.0 Å². The number of phenols is 2. The molecule has 12 nitrogen and oxygen atoms in total. The number of aliphatic hydroxyl groups excluding tert-OH is 1. The summed E-state index contributed by atoms with van der Waals surface area (Å²) in [6, 6.07) is 3.88. The van der Waals surface area contributed by atoms with Crippen LogP contribution in [-0.2, 0) is 20.7 Å². The first-order valence-electron chi connectivity index (χ1n) is 16.7. The lowest BCUT2D eigenvalue weighted by Crippen LogP contribution is -2.49. The van der Waals surface area contributed by atoms with Crippen LogP contribution in [0.3, 0.4) is 0 Å². The van der Waals surface area contributed by atoms with Gasteiger partial charge in [-0.25, -0.2) is 0 Å². The first kappa shape index (κ1) is 38.3. The quantitative estimate of drug-likeness (QED) is 0.119. The number of halogens is 1. The monoisotopic (exact) mass is 702 g/mol. The van der Waals surface area contributed by atoms with Crippen LogP contribution in [0.2, 0.25) is 0 Å². The van der Waals surface area contributed by atoms with Gasteiger partial charge in [-0.3, -0.25) is 19.4 Å². The number of nitrogens with zero attached hydrogens (tertiary/aromatic N) is 2. The Hall–Kier alpha value is -3.55. The number of carbonyl (C=O) groups excluding carboxylic acids is 3. The average molecular weight is 703 g/mol. The van der Waals surface area contributed by atoms with Crippen LogP contribution in [0.15, 0.2) is 23.2 Å². The van der Waals surface area contributed by atoms with Crippen LogP contribution in [0.25, 0.3) is 0 Å². The molecule has 0 saturated carbocycles. The second-order valence-corrected chi connectivity index (χ2v) is 13.0. The van der Waals surface area contributed by atoms with Gasteiger partial charge < -0.3 is 39.5 Å². The van der Waals surface area contributed by atoms with Crippen LogP contribution >= 0.6 is 12.4 Å². The third kappa shape index (κ3) is 7.20. The van der Waals surface area contributed by atoms with E-state index in [1.807, 2.05) is 0 Å². The number of Topliss-reactive ketones (excluding diaryl/α,β-unsaturated/α-hetero) is 1. The second-order valence-electron chi connectivity index (χ2n) is 13.0. The van der Waals surface area contributed by atoms with Gasteiger partial charge in [0.2, 0.25) is 5.78 Å². The maximum atomic E-state index is 13.9. The second kappa shape index (κ2) is 15.6. The molecule has 0 amide bonds. The smallest absolute Gasteiger partial charge is 0.202 e. The van der Waals surface area contributed by atoms with Gasteiger partial charge >= 0.3 is 0 Å². The Balaban J connectivity index is 0.00000541. The first-order chi connectivity index (χ1) is 22.9. The lowest BCUT2D eigenvalue weighted by atomic mass is 9.72. The van der Waals surface area contributed by atoms with Gasteiger partial charge in [0.05, 0.1) is 48.4 Å². The maximum absolute atomic E-state index is 13.9. The highest BCUT2D eigenvalue weighted by Gasteiger charge is 2.49. The summed E-state index contributed by atoms with van der Waals surface area (Å²) in [5, 5.41) is 45.8. The summed E-state index contributed by atoms with van der Waals surface area (Å²) in [5.41, 5.74) is -3.01. The van der Waals surface area contributed by atoms with Gasteiger partial charge in [-0.05, 0) is 32.8 Å². The van der Waals surface area contributed by atoms with Crippen molar-refractivity contribution in [2.75, 3.05) is 20.2 Å². The minimum Gasteiger partial charge on any atom is -0.507 e. The predicted octanol–water partition coefficient (Wildman–Crippen LogP) is 4.42. The Morgan fingerprint density at radius 2 is 1.73 bits per heavy atom. The fraction of sp³-hybridized carbons (Fsp3) is 0.556. The molecular weight excluding hydrogens is 656 g/mol. The van der Waals surface area contributed by atoms with E-state index in [1.54, 1.807) is 13.3 Å². The van der Waals surface area contributed by atoms with Crippen LogP contribution in [0.4, 0.5) is 0 Å². The normalized spacial score (nSPS) is 26.1. The number of aliphatic imine (C=N–C) groups is 1. The fourth-order valence-electron chi connectivity index (χ4n) is 6.88. The number of rotatable bonds is 12. The summed E-state index contributed by atoms with van der Waals surface area (Å²) < 4.78 is 17.7. The van der Waals surface area contributed by atoms with E-state index in [4.69, 9.17) is 19.2 Å². The lowest BCUT2D eigenvalue weighted by Gasteiger charge is -2.42. The SMILES string of the molecule is CCCCN(C=N[C@H]1CC(O[C@H]2CC(O)(C(C)=O)Cc3c(O)c4c(c(O)c32)C(=O)c2c(OC)cccc2C4=O)OC(C)C1O)CCCC.Cl. The van der Waals surface area contributed by atoms with Crippen molar-refractivity contribution >= 4 is 36.1 Å². The van der Waals surface area contributed by atoms with Crippen molar-refractivity contribution in [3.05, 3.63) is 51.6 Å². The molecule has 6 atom stereocenters. The number of phenolic OH excluding ortho intramolecular Hbond substituents is 2. The van der Waals surface area contributed by atoms with Crippen LogP contribution in [0, 0.1) is 0 Å². The van der Waals surface area contributed by atoms with Crippen LogP contribution in [0.1, 0.15) is 115 Å². The molecule has 2 aliphatic carbocycles. The number of hydrogen-bond acceptors (Lipinski definition) is 11. The lowest BCUT2D eigenvalue weighted by molar-refractivity contribution is -0.246. The molecule has 3 aliphatic rings. The van der Waals surface area contributed by atoms with Crippen molar-refractivity contribution in [3.8, 4) is 17.2 Å². The van der Waals surface area contributed by atoms with E-state index in [0.29, 0.717) is 0 Å². The number of benzene rings is 2. The van der Waals surface area contributed by atoms with E-state index in [0.717, 1.165) is 38.8 Å². The Morgan fingerprint density at radius 1 is 1.08 bits per heavy atom. The highest BCUT2D eigenvalue weighted by Crippen LogP contribution is 2.52. The molecule has 0 spiro atoms. The highest BCUT2D eigenvalue weighted by molar-refractivity contribution is 6.31. The third-order valence-corrected chi connectivity index (χ3v) is 9.74. The molecule has 1 fully saturated rings. The summed E-state index contributed by atoms with van der Waals surface area (Å²) in [4.78, 5) is 47.2. The van der Waals surface area contributed by atoms with Gasteiger partial charge in [0.25, 0.3) is 0 Å². The third-order valence-electron chi connectivity index (χ3n) is 9.74. The molecule has 49 heavy (non-hydrogen) atoms. The summed E-state index contributed by atoms with van der Waals surface area (Å²) in [6.45, 7) is 8.80. The van der Waals surface area contributed by atoms with Crippen molar-refractivity contribution < 1.29 is 49.0 Å². The van der Waals surface area contributed by atoms with Crippen molar-refractivity contribution in [2.45, 2.75) is 109 Å². The molecule has 5 rings (SSSR count). The standard InChI is InChI=1S/C36H46N2O10.ClH/c1-6-8-13-38(14-9-7-2)18-37-23-15-26(47-19(3)31(23)40)48-25-17-36(45,20(4)39)16-22-28(25)35(44)30-29(33(22)42)32(41)21-11-10-12-24(46-5)27(21)34(30)43;/h10-12,18-19,23,25-26,31,40,42,44-45H,6-9,13-17H2,1-5H3;1H/t19?,23-,25-,26?,31?,36?;/m0./s1. The number of unbranched alkanes of at least 4 members (excludes halogenated alkanes) is 2. The first-order valence-corrected chi connectivity index (χ1v) is 16.7. The highest BCUT2D eigenvalue weighted by atomic mass is 35.5. The molecule has 13 heteroatoms. The van der Waals surface area contributed by atoms with Gasteiger partial charge in [-0.1, -0.05) is 38.8 Å². The molecule has 1 aliphatic heterocycles. The largest absolute Gasteiger partial charge is 0.507 e. The Kier molecular flexibility index (Phi) is 12.1. The summed E-state index contributed by atoms with van der Waals surface area (Å²) in [7, 11) is 1.35. The van der Waals surface area contributed by atoms with E-state index in [9.17, 15) is 34.8 Å². The van der Waals surface area contributed by atoms with Crippen LogP contribution < -0.4 is 4.74 Å². The average Bonchev–Trinajstić information content (AvgIpc) is 3.06. The molecule has 1 heterocycles. The molecule has 0 aromatic heterocycles. The summed E-state index contributed by atoms with van der Waals surface area (Å²) >= 11 is 0. The molecule has 2 aromatic rings. The molecule has 4 N–H and O–H groups in total. The van der Waals surface area contributed by atoms with Crippen molar-refractivity contribution in [2.24, 2.45) is 4.99 Å². The number of fused-ring (bicyclic) bond motifs is 3. The number of ether oxygens (including phenoxy) is 3. The molecule has 2 aromatic carbocycles. The van der Waals surface area contributed by atoms with Gasteiger partial charge in [-0.15, -0.1) is 12.4 Å². The summed E-state index contributed by atoms with van der Waals surface area (Å²) in [6.07, 6.45) is 1.31. The Morgan fingerprint density at radius 3 is 2.35 bits per heavy atom. The number of ketones is 3. The zero-order valence-electron chi connectivity index (χ0n) is 28.6. The molecule has 0 radical (unpaired) electrons. The van der Waals surface area contributed by atoms with E-state index in [2.05, 4.69) is 18.7 Å². The fourth-order valence-corrected chi connectivity index (χ4v) is 6.88. The van der Waals surface area contributed by atoms with Crippen LogP contribution in [0.5, 0.6) is 17.2 Å². The predicted molar refractivity (Wildman–Crippen MR) is 183 cm³/mol. The van der Waals surface area contributed by atoms with Gasteiger partial charge in [0, 0.05) is 49.0 Å². The van der Waals surface area contributed by atoms with Crippen LogP contribution in [-0.4, -0.2) is 99.4 Å². The zero-order valence-corrected chi connectivity index (χ0v) is 29.4. The summed E-state index contributed by atoms with van der Waals surface area (Å²) in [5.74, 6) is -3.13. The number of carbonyl (C=O) groups is 3. The number of aromatic hydroxyl groups is 2. The number of aliphatic hydroxyl groups is 2. The van der Waals surface area contributed by atoms with Crippen molar-refractivity contribution in [3.63, 3.8) is 0 Å². The van der Waals surface area contributed by atoms with Crippen molar-refractivity contribution in [1.29, 1.82) is 0 Å². The number of hydrogen-bond donors (Lipinski definition) is 4. The molecule has 0 bridgehead atoms. The van der Waals surface area contributed by atoms with E-state index >= 15 is 0 Å².